The van der Waals surface area contributed by atoms with Crippen LogP contribution in [0.2, 0.25) is 0 Å². The highest BCUT2D eigenvalue weighted by molar-refractivity contribution is 5.85. The van der Waals surface area contributed by atoms with E-state index < -0.39 is 0 Å². The van der Waals surface area contributed by atoms with Crippen LogP contribution >= 0.6 is 0 Å². The fraction of sp³-hybridized carbons (Fsp3) is 0.111. The van der Waals surface area contributed by atoms with Gasteiger partial charge in [0.15, 0.2) is 0 Å². The maximum absolute atomic E-state index is 11.4. The maximum atomic E-state index is 11.4. The van der Waals surface area contributed by atoms with Gasteiger partial charge in [-0.2, -0.15) is 0 Å². The predicted molar refractivity (Wildman–Crippen MR) is 127 cm³/mol. The minimum atomic E-state index is -0.340. The van der Waals surface area contributed by atoms with Crippen molar-refractivity contribution >= 4 is 21.7 Å². The fourth-order valence-electron chi connectivity index (χ4n) is 4.29. The molecule has 4 aromatic carbocycles. The van der Waals surface area contributed by atoms with Crippen LogP contribution in [0.3, 0.4) is 0 Å². The summed E-state index contributed by atoms with van der Waals surface area (Å²) in [5.41, 5.74) is 3.92. The number of ether oxygens (including phenoxy) is 1. The van der Waals surface area contributed by atoms with Crippen molar-refractivity contribution in [3.8, 4) is 5.75 Å². The van der Waals surface area contributed by atoms with Gasteiger partial charge in [0.1, 0.15) is 12.4 Å². The van der Waals surface area contributed by atoms with Gasteiger partial charge in [0, 0.05) is 22.0 Å². The first-order valence-electron chi connectivity index (χ1n) is 10.6. The number of H-pyrrole nitrogens is 1. The zero-order chi connectivity index (χ0) is 21.9. The van der Waals surface area contributed by atoms with E-state index in [2.05, 4.69) is 29.2 Å². The molecule has 5 nitrogen and oxygen atoms in total. The molecule has 0 aliphatic heterocycles. The first kappa shape index (κ1) is 19.8. The second-order valence-electron chi connectivity index (χ2n) is 7.85. The number of fused-ring (bicyclic) bond motifs is 2. The third-order valence-electron chi connectivity index (χ3n) is 5.89. The molecule has 0 bridgehead atoms. The van der Waals surface area contributed by atoms with Crippen molar-refractivity contribution in [1.82, 2.24) is 4.98 Å². The molecule has 32 heavy (non-hydrogen) atoms. The van der Waals surface area contributed by atoms with Crippen molar-refractivity contribution in [2.24, 2.45) is 0 Å². The van der Waals surface area contributed by atoms with E-state index in [9.17, 15) is 10.1 Å². The Labute approximate surface area is 185 Å². The van der Waals surface area contributed by atoms with Gasteiger partial charge < -0.3 is 9.72 Å². The van der Waals surface area contributed by atoms with Crippen molar-refractivity contribution in [2.75, 3.05) is 6.54 Å². The van der Waals surface area contributed by atoms with E-state index in [0.717, 1.165) is 33.3 Å². The molecule has 0 amide bonds. The summed E-state index contributed by atoms with van der Waals surface area (Å²) in [6.07, 6.45) is 1.88. The normalized spacial score (nSPS) is 12.1. The standard InChI is InChI=1S/C27H22N2O3/c30-29(31)17-26(25-16-28-27-11-4-3-10-24(25)27)20-12-14-22(15-13-20)32-18-21-8-5-7-19-6-1-2-9-23(19)21/h1-16,26,28H,17-18H2/t26-/m1/s1. The molecule has 0 unspecified atom stereocenters. The summed E-state index contributed by atoms with van der Waals surface area (Å²) in [4.78, 5) is 14.4. The Morgan fingerprint density at radius 3 is 2.38 bits per heavy atom. The highest BCUT2D eigenvalue weighted by Crippen LogP contribution is 2.32. The zero-order valence-electron chi connectivity index (χ0n) is 17.4. The van der Waals surface area contributed by atoms with E-state index in [-0.39, 0.29) is 17.4 Å². The quantitative estimate of drug-likeness (QED) is 0.247. The van der Waals surface area contributed by atoms with Crippen LogP contribution in [0.25, 0.3) is 21.7 Å². The van der Waals surface area contributed by atoms with Gasteiger partial charge in [0.2, 0.25) is 6.54 Å². The Morgan fingerprint density at radius 1 is 0.844 bits per heavy atom. The second-order valence-corrected chi connectivity index (χ2v) is 7.85. The zero-order valence-corrected chi connectivity index (χ0v) is 17.4. The summed E-state index contributed by atoms with van der Waals surface area (Å²) in [6.45, 7) is 0.291. The van der Waals surface area contributed by atoms with Crippen molar-refractivity contribution < 1.29 is 9.66 Å². The van der Waals surface area contributed by atoms with E-state index in [0.29, 0.717) is 6.61 Å². The maximum Gasteiger partial charge on any atom is 0.214 e. The summed E-state index contributed by atoms with van der Waals surface area (Å²) in [5.74, 6) is 0.397. The highest BCUT2D eigenvalue weighted by Gasteiger charge is 2.23. The van der Waals surface area contributed by atoms with Gasteiger partial charge in [-0.3, -0.25) is 10.1 Å². The van der Waals surface area contributed by atoms with E-state index >= 15 is 0 Å². The number of aromatic amines is 1. The molecule has 5 heteroatoms. The number of nitrogens with zero attached hydrogens (tertiary/aromatic N) is 1. The molecule has 1 aromatic heterocycles. The Balaban J connectivity index is 1.39. The lowest BCUT2D eigenvalue weighted by molar-refractivity contribution is -0.481. The number of benzene rings is 4. The third-order valence-corrected chi connectivity index (χ3v) is 5.89. The molecule has 5 aromatic rings. The number of aromatic nitrogens is 1. The number of nitro groups is 1. The first-order chi connectivity index (χ1) is 15.7. The van der Waals surface area contributed by atoms with Crippen LogP contribution < -0.4 is 4.74 Å². The lowest BCUT2D eigenvalue weighted by Crippen LogP contribution is -2.13. The lowest BCUT2D eigenvalue weighted by atomic mass is 9.91. The summed E-state index contributed by atoms with van der Waals surface area (Å²) in [5, 5.41) is 14.8. The predicted octanol–water partition coefficient (Wildman–Crippen LogP) is 6.31. The molecule has 0 radical (unpaired) electrons. The van der Waals surface area contributed by atoms with Crippen molar-refractivity contribution in [2.45, 2.75) is 12.5 Å². The molecule has 1 heterocycles. The Bertz CT molecular complexity index is 1380. The number of rotatable bonds is 7. The molecule has 0 aliphatic rings. The third kappa shape index (κ3) is 3.93. The smallest absolute Gasteiger partial charge is 0.214 e. The SMILES string of the molecule is O=[N+]([O-])C[C@H](c1ccc(OCc2cccc3ccccc23)cc1)c1c[nH]c2ccccc12. The molecule has 1 atom stereocenters. The van der Waals surface area contributed by atoms with Crippen LogP contribution in [0.5, 0.6) is 5.75 Å². The highest BCUT2D eigenvalue weighted by atomic mass is 16.6. The summed E-state index contributed by atoms with van der Waals surface area (Å²) in [7, 11) is 0. The van der Waals surface area contributed by atoms with Crippen LogP contribution in [-0.4, -0.2) is 16.5 Å². The van der Waals surface area contributed by atoms with E-state index in [1.807, 2.05) is 72.9 Å². The van der Waals surface area contributed by atoms with E-state index in [1.54, 1.807) is 0 Å². The molecular weight excluding hydrogens is 400 g/mol. The minimum absolute atomic E-state index is 0.169. The Hall–Kier alpha value is -4.12. The fourth-order valence-corrected chi connectivity index (χ4v) is 4.29. The van der Waals surface area contributed by atoms with Crippen LogP contribution in [0.4, 0.5) is 0 Å². The van der Waals surface area contributed by atoms with Gasteiger partial charge in [-0.1, -0.05) is 72.8 Å². The largest absolute Gasteiger partial charge is 0.489 e. The van der Waals surface area contributed by atoms with E-state index in [1.165, 1.54) is 10.8 Å². The van der Waals surface area contributed by atoms with Crippen LogP contribution in [0, 0.1) is 10.1 Å². The van der Waals surface area contributed by atoms with Gasteiger partial charge in [0.05, 0.1) is 5.92 Å². The summed E-state index contributed by atoms with van der Waals surface area (Å²) >= 11 is 0. The molecule has 0 spiro atoms. The molecule has 158 valence electrons. The topological polar surface area (TPSA) is 68.2 Å². The lowest BCUT2D eigenvalue weighted by Gasteiger charge is -2.14. The van der Waals surface area contributed by atoms with Crippen LogP contribution in [-0.2, 0) is 6.61 Å². The van der Waals surface area contributed by atoms with Gasteiger partial charge in [0.25, 0.3) is 0 Å². The second kappa shape index (κ2) is 8.55. The molecule has 0 aliphatic carbocycles. The monoisotopic (exact) mass is 422 g/mol. The summed E-state index contributed by atoms with van der Waals surface area (Å²) < 4.78 is 6.04. The number of hydrogen-bond acceptors (Lipinski definition) is 3. The minimum Gasteiger partial charge on any atom is -0.489 e. The van der Waals surface area contributed by atoms with Gasteiger partial charge >= 0.3 is 0 Å². The van der Waals surface area contributed by atoms with Gasteiger partial charge in [-0.25, -0.2) is 0 Å². The van der Waals surface area contributed by atoms with Crippen LogP contribution in [0.15, 0.2) is 97.2 Å². The molecular formula is C27H22N2O3. The molecule has 0 fully saturated rings. The first-order valence-corrected chi connectivity index (χ1v) is 10.6. The van der Waals surface area contributed by atoms with Crippen molar-refractivity contribution in [1.29, 1.82) is 0 Å². The Kier molecular flexibility index (Phi) is 5.30. The van der Waals surface area contributed by atoms with Crippen molar-refractivity contribution in [3.05, 3.63) is 124 Å². The molecule has 0 saturated carbocycles. The number of nitrogens with one attached hydrogen (secondary N) is 1. The molecule has 1 N–H and O–H groups in total. The van der Waals surface area contributed by atoms with E-state index in [4.69, 9.17) is 4.74 Å². The van der Waals surface area contributed by atoms with Gasteiger partial charge in [-0.15, -0.1) is 0 Å². The molecule has 5 rings (SSSR count). The molecule has 0 saturated heterocycles. The average molecular weight is 422 g/mol. The Morgan fingerprint density at radius 2 is 1.56 bits per heavy atom. The average Bonchev–Trinajstić information content (AvgIpc) is 3.25. The summed E-state index contributed by atoms with van der Waals surface area (Å²) in [6, 6.07) is 30.0. The number of hydrogen-bond donors (Lipinski definition) is 1. The number of para-hydroxylation sites is 1. The van der Waals surface area contributed by atoms with Crippen molar-refractivity contribution in [3.63, 3.8) is 0 Å². The van der Waals surface area contributed by atoms with Gasteiger partial charge in [-0.05, 0) is 45.7 Å². The van der Waals surface area contributed by atoms with Crippen LogP contribution in [0.1, 0.15) is 22.6 Å².